The Morgan fingerprint density at radius 1 is 1.24 bits per heavy atom. The van der Waals surface area contributed by atoms with Crippen molar-refractivity contribution in [2.24, 2.45) is 0 Å². The highest BCUT2D eigenvalue weighted by Crippen LogP contribution is 2.22. The Balaban J connectivity index is 2.17. The SMILES string of the molecule is Cc1nn(CC(=O)N[C@@H](C)c2ccccc2)c(C)c1S(=O)(=O)N(C)C. The molecule has 0 aliphatic heterocycles. The molecule has 0 spiro atoms. The topological polar surface area (TPSA) is 84.3 Å². The molecule has 0 aliphatic rings. The molecule has 0 saturated carbocycles. The molecular formula is C17H24N4O3S. The van der Waals surface area contributed by atoms with Crippen LogP contribution in [0.3, 0.4) is 0 Å². The summed E-state index contributed by atoms with van der Waals surface area (Å²) in [5, 5.41) is 7.13. The van der Waals surface area contributed by atoms with Crippen molar-refractivity contribution in [2.45, 2.75) is 38.3 Å². The van der Waals surface area contributed by atoms with Gasteiger partial charge < -0.3 is 5.32 Å². The molecule has 0 fully saturated rings. The number of benzene rings is 1. The smallest absolute Gasteiger partial charge is 0.246 e. The van der Waals surface area contributed by atoms with Gasteiger partial charge in [0.2, 0.25) is 15.9 Å². The number of nitrogens with zero attached hydrogens (tertiary/aromatic N) is 3. The largest absolute Gasteiger partial charge is 0.348 e. The van der Waals surface area contributed by atoms with Crippen LogP contribution < -0.4 is 5.32 Å². The van der Waals surface area contributed by atoms with Gasteiger partial charge in [0.15, 0.2) is 0 Å². The highest BCUT2D eigenvalue weighted by atomic mass is 32.2. The van der Waals surface area contributed by atoms with Crippen molar-refractivity contribution in [1.82, 2.24) is 19.4 Å². The molecule has 0 aliphatic carbocycles. The predicted molar refractivity (Wildman–Crippen MR) is 95.6 cm³/mol. The highest BCUT2D eigenvalue weighted by Gasteiger charge is 2.27. The van der Waals surface area contributed by atoms with Crippen molar-refractivity contribution in [3.63, 3.8) is 0 Å². The van der Waals surface area contributed by atoms with E-state index in [9.17, 15) is 13.2 Å². The van der Waals surface area contributed by atoms with Gasteiger partial charge in [-0.25, -0.2) is 12.7 Å². The Morgan fingerprint density at radius 2 is 1.84 bits per heavy atom. The normalized spacial score (nSPS) is 13.0. The number of carbonyl (C=O) groups excluding carboxylic acids is 1. The van der Waals surface area contributed by atoms with Gasteiger partial charge in [-0.1, -0.05) is 30.3 Å². The number of rotatable bonds is 6. The zero-order valence-corrected chi connectivity index (χ0v) is 16.0. The van der Waals surface area contributed by atoms with Gasteiger partial charge in [-0.05, 0) is 26.3 Å². The van der Waals surface area contributed by atoms with E-state index >= 15 is 0 Å². The Hall–Kier alpha value is -2.19. The molecule has 1 N–H and O–H groups in total. The second-order valence-corrected chi connectivity index (χ2v) is 8.23. The summed E-state index contributed by atoms with van der Waals surface area (Å²) in [6, 6.07) is 9.48. The van der Waals surface area contributed by atoms with Crippen molar-refractivity contribution < 1.29 is 13.2 Å². The Bertz CT molecular complexity index is 858. The van der Waals surface area contributed by atoms with Gasteiger partial charge in [0, 0.05) is 14.1 Å². The van der Waals surface area contributed by atoms with Crippen LogP contribution >= 0.6 is 0 Å². The molecule has 2 rings (SSSR count). The Kier molecular flexibility index (Phi) is 5.64. The fourth-order valence-electron chi connectivity index (χ4n) is 2.64. The van der Waals surface area contributed by atoms with Crippen molar-refractivity contribution in [2.75, 3.05) is 14.1 Å². The molecule has 1 aromatic carbocycles. The first-order valence-corrected chi connectivity index (χ1v) is 9.39. The molecule has 0 radical (unpaired) electrons. The fraction of sp³-hybridized carbons (Fsp3) is 0.412. The summed E-state index contributed by atoms with van der Waals surface area (Å²) >= 11 is 0. The van der Waals surface area contributed by atoms with Crippen molar-refractivity contribution in [3.8, 4) is 0 Å². The minimum atomic E-state index is -3.60. The first-order chi connectivity index (χ1) is 11.6. The third-order valence-corrected chi connectivity index (χ3v) is 6.09. The van der Waals surface area contributed by atoms with Crippen LogP contribution in [0, 0.1) is 13.8 Å². The standard InChI is InChI=1S/C17H24N4O3S/c1-12(15-9-7-6-8-10-15)18-16(22)11-21-14(3)17(13(2)19-21)25(23,24)20(4)5/h6-10,12H,11H2,1-5H3,(H,18,22)/t12-/m0/s1. The van der Waals surface area contributed by atoms with E-state index in [0.29, 0.717) is 11.4 Å². The van der Waals surface area contributed by atoms with E-state index in [0.717, 1.165) is 9.87 Å². The lowest BCUT2D eigenvalue weighted by atomic mass is 10.1. The van der Waals surface area contributed by atoms with Crippen LogP contribution in [-0.2, 0) is 21.4 Å². The number of carbonyl (C=O) groups is 1. The van der Waals surface area contributed by atoms with Gasteiger partial charge in [0.25, 0.3) is 0 Å². The van der Waals surface area contributed by atoms with Gasteiger partial charge in [-0.3, -0.25) is 9.48 Å². The molecule has 7 nitrogen and oxygen atoms in total. The monoisotopic (exact) mass is 364 g/mol. The van der Waals surface area contributed by atoms with Crippen LogP contribution in [0.15, 0.2) is 35.2 Å². The molecule has 0 saturated heterocycles. The molecular weight excluding hydrogens is 340 g/mol. The number of hydrogen-bond acceptors (Lipinski definition) is 4. The van der Waals surface area contributed by atoms with Crippen LogP contribution in [0.5, 0.6) is 0 Å². The summed E-state index contributed by atoms with van der Waals surface area (Å²) in [6.45, 7) is 5.15. The van der Waals surface area contributed by atoms with Gasteiger partial charge in [-0.2, -0.15) is 5.10 Å². The van der Waals surface area contributed by atoms with E-state index in [2.05, 4.69) is 10.4 Å². The van der Waals surface area contributed by atoms with E-state index in [4.69, 9.17) is 0 Å². The Morgan fingerprint density at radius 3 is 2.40 bits per heavy atom. The molecule has 0 unspecified atom stereocenters. The summed E-state index contributed by atoms with van der Waals surface area (Å²) in [5.74, 6) is -0.226. The number of aryl methyl sites for hydroxylation is 1. The van der Waals surface area contributed by atoms with Crippen LogP contribution in [0.4, 0.5) is 0 Å². The van der Waals surface area contributed by atoms with Gasteiger partial charge in [0.1, 0.15) is 11.4 Å². The van der Waals surface area contributed by atoms with Gasteiger partial charge in [0.05, 0.1) is 17.4 Å². The zero-order valence-electron chi connectivity index (χ0n) is 15.1. The number of nitrogens with one attached hydrogen (secondary N) is 1. The lowest BCUT2D eigenvalue weighted by molar-refractivity contribution is -0.122. The maximum Gasteiger partial charge on any atom is 0.246 e. The first-order valence-electron chi connectivity index (χ1n) is 7.95. The molecule has 1 amide bonds. The summed E-state index contributed by atoms with van der Waals surface area (Å²) < 4.78 is 27.4. The molecule has 136 valence electrons. The van der Waals surface area contributed by atoms with Crippen LogP contribution in [0.25, 0.3) is 0 Å². The second-order valence-electron chi connectivity index (χ2n) is 6.14. The minimum absolute atomic E-state index is 0.0349. The van der Waals surface area contributed by atoms with Crippen LogP contribution in [0.1, 0.15) is 29.9 Å². The molecule has 8 heteroatoms. The average molecular weight is 364 g/mol. The summed E-state index contributed by atoms with van der Waals surface area (Å²) in [7, 11) is -0.657. The molecule has 1 atom stereocenters. The third kappa shape index (κ3) is 4.08. The van der Waals surface area contributed by atoms with Crippen molar-refractivity contribution in [3.05, 3.63) is 47.3 Å². The summed E-state index contributed by atoms with van der Waals surface area (Å²) in [6.07, 6.45) is 0. The first kappa shape index (κ1) is 19.1. The Labute approximate surface area is 148 Å². The highest BCUT2D eigenvalue weighted by molar-refractivity contribution is 7.89. The van der Waals surface area contributed by atoms with E-state index < -0.39 is 10.0 Å². The third-order valence-electron chi connectivity index (χ3n) is 4.02. The summed E-state index contributed by atoms with van der Waals surface area (Å²) in [5.41, 5.74) is 1.84. The van der Waals surface area contributed by atoms with E-state index in [1.165, 1.54) is 18.8 Å². The molecule has 0 bridgehead atoms. The predicted octanol–water partition coefficient (Wildman–Crippen LogP) is 1.63. The number of amides is 1. The second kappa shape index (κ2) is 7.37. The maximum atomic E-state index is 12.4. The van der Waals surface area contributed by atoms with E-state index in [1.54, 1.807) is 13.8 Å². The van der Waals surface area contributed by atoms with Crippen molar-refractivity contribution >= 4 is 15.9 Å². The molecule has 25 heavy (non-hydrogen) atoms. The fourth-order valence-corrected chi connectivity index (χ4v) is 3.90. The molecule has 1 aromatic heterocycles. The lowest BCUT2D eigenvalue weighted by Gasteiger charge is -2.15. The van der Waals surface area contributed by atoms with E-state index in [-0.39, 0.29) is 23.4 Å². The lowest BCUT2D eigenvalue weighted by Crippen LogP contribution is -2.31. The average Bonchev–Trinajstić information content (AvgIpc) is 2.82. The number of aromatic nitrogens is 2. The quantitative estimate of drug-likeness (QED) is 0.844. The minimum Gasteiger partial charge on any atom is -0.348 e. The molecule has 2 aromatic rings. The number of hydrogen-bond donors (Lipinski definition) is 1. The van der Waals surface area contributed by atoms with Crippen molar-refractivity contribution in [1.29, 1.82) is 0 Å². The summed E-state index contributed by atoms with van der Waals surface area (Å²) in [4.78, 5) is 12.5. The van der Waals surface area contributed by atoms with Gasteiger partial charge in [-0.15, -0.1) is 0 Å². The van der Waals surface area contributed by atoms with E-state index in [1.807, 2.05) is 37.3 Å². The zero-order chi connectivity index (χ0) is 18.8. The van der Waals surface area contributed by atoms with Crippen LogP contribution in [0.2, 0.25) is 0 Å². The molecule has 1 heterocycles. The van der Waals surface area contributed by atoms with Crippen LogP contribution in [-0.4, -0.2) is 42.5 Å². The maximum absolute atomic E-state index is 12.4. The van der Waals surface area contributed by atoms with Gasteiger partial charge >= 0.3 is 0 Å². The number of sulfonamides is 1.